The van der Waals surface area contributed by atoms with Gasteiger partial charge in [-0.25, -0.2) is 0 Å². The van der Waals surface area contributed by atoms with E-state index < -0.39 is 0 Å². The van der Waals surface area contributed by atoms with Crippen molar-refractivity contribution in [3.05, 3.63) is 33.2 Å². The molecule has 1 saturated carbocycles. The monoisotopic (exact) mass is 300 g/mol. The van der Waals surface area contributed by atoms with Crippen molar-refractivity contribution in [2.75, 3.05) is 19.6 Å². The maximum absolute atomic E-state index is 3.74. The Bertz CT molecular complexity index is 556. The van der Waals surface area contributed by atoms with Gasteiger partial charge in [-0.2, -0.15) is 0 Å². The van der Waals surface area contributed by atoms with Crippen LogP contribution in [0.25, 0.3) is 0 Å². The first-order chi connectivity index (χ1) is 10.4. The van der Waals surface area contributed by atoms with E-state index in [1.165, 1.54) is 45.1 Å². The van der Waals surface area contributed by atoms with Gasteiger partial charge in [0, 0.05) is 24.5 Å². The van der Waals surface area contributed by atoms with Crippen LogP contribution in [0.3, 0.4) is 0 Å². The number of nitrogens with one attached hydrogen (secondary N) is 1. The van der Waals surface area contributed by atoms with E-state index in [0.717, 1.165) is 24.9 Å². The lowest BCUT2D eigenvalue weighted by molar-refractivity contribution is 0.209. The molecule has 3 heterocycles. The van der Waals surface area contributed by atoms with Crippen LogP contribution in [-0.2, 0) is 0 Å². The third-order valence-electron chi connectivity index (χ3n) is 5.86. The van der Waals surface area contributed by atoms with Crippen molar-refractivity contribution in [1.29, 1.82) is 0 Å². The normalized spacial score (nSPS) is 35.0. The van der Waals surface area contributed by atoms with Crippen LogP contribution < -0.4 is 5.32 Å². The molecule has 2 unspecified atom stereocenters. The van der Waals surface area contributed by atoms with Crippen molar-refractivity contribution in [3.63, 3.8) is 0 Å². The van der Waals surface area contributed by atoms with Crippen LogP contribution >= 0.6 is 11.8 Å². The van der Waals surface area contributed by atoms with Crippen LogP contribution in [0, 0.1) is 11.8 Å². The molecule has 0 bridgehead atoms. The van der Waals surface area contributed by atoms with E-state index in [0.29, 0.717) is 6.04 Å². The van der Waals surface area contributed by atoms with E-state index in [1.54, 1.807) is 21.7 Å². The van der Waals surface area contributed by atoms with Gasteiger partial charge in [-0.05, 0) is 54.1 Å². The van der Waals surface area contributed by atoms with Gasteiger partial charge in [0.05, 0.1) is 11.7 Å². The molecule has 0 amide bonds. The first-order valence-electron chi connectivity index (χ1n) is 8.66. The summed E-state index contributed by atoms with van der Waals surface area (Å²) in [6.45, 7) is 3.50. The van der Waals surface area contributed by atoms with Crippen molar-refractivity contribution in [2.45, 2.75) is 44.6 Å². The zero-order valence-corrected chi connectivity index (χ0v) is 13.4. The largest absolute Gasteiger partial charge is 0.360 e. The second-order valence-electron chi connectivity index (χ2n) is 7.29. The molecular weight excluding hydrogens is 276 g/mol. The molecule has 0 radical (unpaired) electrons. The molecular formula is C18H24N2S. The van der Waals surface area contributed by atoms with E-state index in [-0.39, 0.29) is 0 Å². The lowest BCUT2D eigenvalue weighted by Crippen LogP contribution is -2.48. The van der Waals surface area contributed by atoms with Crippen LogP contribution in [-0.4, -0.2) is 30.6 Å². The molecule has 5 rings (SSSR count). The second kappa shape index (κ2) is 4.92. The maximum atomic E-state index is 3.74. The number of hydrogen-bond donors (Lipinski definition) is 1. The van der Waals surface area contributed by atoms with E-state index in [9.17, 15) is 0 Å². The Labute approximate surface area is 131 Å². The summed E-state index contributed by atoms with van der Waals surface area (Å²) in [5, 5.41) is 6.07. The minimum atomic E-state index is 0.716. The Morgan fingerprint density at radius 3 is 3.14 bits per heavy atom. The minimum Gasteiger partial charge on any atom is -0.360 e. The molecule has 0 aromatic rings. The van der Waals surface area contributed by atoms with Crippen molar-refractivity contribution in [2.24, 2.45) is 11.8 Å². The molecule has 2 fully saturated rings. The van der Waals surface area contributed by atoms with Crippen LogP contribution in [0.2, 0.25) is 0 Å². The van der Waals surface area contributed by atoms with E-state index in [2.05, 4.69) is 21.7 Å². The molecule has 0 aromatic heterocycles. The highest BCUT2D eigenvalue weighted by atomic mass is 32.2. The lowest BCUT2D eigenvalue weighted by atomic mass is 9.84. The molecule has 0 aromatic carbocycles. The Morgan fingerprint density at radius 1 is 1.29 bits per heavy atom. The van der Waals surface area contributed by atoms with Gasteiger partial charge in [0.2, 0.25) is 0 Å². The van der Waals surface area contributed by atoms with E-state index in [1.807, 2.05) is 11.8 Å². The highest BCUT2D eigenvalue weighted by molar-refractivity contribution is 8.05. The highest BCUT2D eigenvalue weighted by Crippen LogP contribution is 2.50. The van der Waals surface area contributed by atoms with E-state index in [4.69, 9.17) is 0 Å². The van der Waals surface area contributed by atoms with Crippen molar-refractivity contribution >= 4 is 11.8 Å². The fourth-order valence-corrected chi connectivity index (χ4v) is 5.80. The zero-order valence-electron chi connectivity index (χ0n) is 12.6. The van der Waals surface area contributed by atoms with Crippen LogP contribution in [0.4, 0.5) is 0 Å². The van der Waals surface area contributed by atoms with Gasteiger partial charge in [0.25, 0.3) is 0 Å². The van der Waals surface area contributed by atoms with Gasteiger partial charge in [-0.1, -0.05) is 18.9 Å². The molecule has 1 N–H and O–H groups in total. The smallest absolute Gasteiger partial charge is 0.0565 e. The maximum Gasteiger partial charge on any atom is 0.0565 e. The molecule has 1 saturated heterocycles. The van der Waals surface area contributed by atoms with E-state index >= 15 is 0 Å². The molecule has 2 nitrogen and oxygen atoms in total. The number of piperidine rings is 1. The minimum absolute atomic E-state index is 0.716. The SMILES string of the molecule is C1=CSC2=C3C(=C4CNCC(CC5CC5)C4N3C1)CCC2. The zero-order chi connectivity index (χ0) is 13.8. The summed E-state index contributed by atoms with van der Waals surface area (Å²) in [6, 6.07) is 0.716. The summed E-state index contributed by atoms with van der Waals surface area (Å²) in [5.74, 6) is 1.87. The standard InChI is InChI=1S/C18H24N2S/c1-3-14-15-11-19-10-13(9-12-5-6-12)17(15)20-7-2-8-21-16(4-1)18(14)20/h2,8,12-13,17,19H,1,3-7,9-11H2. The second-order valence-corrected chi connectivity index (χ2v) is 8.29. The first-order valence-corrected chi connectivity index (χ1v) is 9.54. The summed E-state index contributed by atoms with van der Waals surface area (Å²) >= 11 is 1.99. The predicted octanol–water partition coefficient (Wildman–Crippen LogP) is 3.64. The number of fused-ring (bicyclic) bond motifs is 2. The molecule has 3 aliphatic heterocycles. The fraction of sp³-hybridized carbons (Fsp3) is 0.667. The molecule has 5 aliphatic rings. The van der Waals surface area contributed by atoms with Gasteiger partial charge in [-0.15, -0.1) is 11.8 Å². The van der Waals surface area contributed by atoms with Crippen LogP contribution in [0.15, 0.2) is 33.2 Å². The van der Waals surface area contributed by atoms with Crippen molar-refractivity contribution < 1.29 is 0 Å². The Morgan fingerprint density at radius 2 is 2.24 bits per heavy atom. The Kier molecular flexibility index (Phi) is 3.01. The summed E-state index contributed by atoms with van der Waals surface area (Å²) in [7, 11) is 0. The lowest BCUT2D eigenvalue weighted by Gasteiger charge is -2.39. The Hall–Kier alpha value is -0.670. The van der Waals surface area contributed by atoms with Crippen LogP contribution in [0.1, 0.15) is 38.5 Å². The fourth-order valence-electron chi connectivity index (χ4n) is 4.84. The topological polar surface area (TPSA) is 15.3 Å². The number of nitrogens with zero attached hydrogens (tertiary/aromatic N) is 1. The summed E-state index contributed by atoms with van der Waals surface area (Å²) < 4.78 is 0. The third-order valence-corrected chi connectivity index (χ3v) is 6.87. The average molecular weight is 300 g/mol. The molecule has 3 heteroatoms. The highest BCUT2D eigenvalue weighted by Gasteiger charge is 2.45. The van der Waals surface area contributed by atoms with Crippen molar-refractivity contribution in [3.8, 4) is 0 Å². The first kappa shape index (κ1) is 12.8. The molecule has 21 heavy (non-hydrogen) atoms. The summed E-state index contributed by atoms with van der Waals surface area (Å²) in [6.07, 6.45) is 10.8. The number of rotatable bonds is 2. The number of allylic oxidation sites excluding steroid dienone is 2. The quantitative estimate of drug-likeness (QED) is 0.838. The van der Waals surface area contributed by atoms with Gasteiger partial charge in [0.1, 0.15) is 0 Å². The number of thioether (sulfide) groups is 1. The Balaban J connectivity index is 1.57. The van der Waals surface area contributed by atoms with Gasteiger partial charge >= 0.3 is 0 Å². The summed E-state index contributed by atoms with van der Waals surface area (Å²) in [4.78, 5) is 4.43. The van der Waals surface area contributed by atoms with Crippen molar-refractivity contribution in [1.82, 2.24) is 10.2 Å². The van der Waals surface area contributed by atoms with Gasteiger partial charge in [-0.3, -0.25) is 0 Å². The van der Waals surface area contributed by atoms with Gasteiger partial charge < -0.3 is 10.2 Å². The molecule has 2 aliphatic carbocycles. The predicted molar refractivity (Wildman–Crippen MR) is 88.8 cm³/mol. The molecule has 0 spiro atoms. The number of hydrogen-bond acceptors (Lipinski definition) is 3. The third kappa shape index (κ3) is 2.04. The molecule has 2 atom stereocenters. The van der Waals surface area contributed by atoms with Gasteiger partial charge in [0.15, 0.2) is 0 Å². The van der Waals surface area contributed by atoms with Crippen LogP contribution in [0.5, 0.6) is 0 Å². The molecule has 112 valence electrons. The summed E-state index contributed by atoms with van der Waals surface area (Å²) in [5.41, 5.74) is 5.14. The average Bonchev–Trinajstić information content (AvgIpc) is 3.28.